The second kappa shape index (κ2) is 15.3. The summed E-state index contributed by atoms with van der Waals surface area (Å²) < 4.78 is 10.2. The van der Waals surface area contributed by atoms with Gasteiger partial charge in [0, 0.05) is 73.3 Å². The Morgan fingerprint density at radius 2 is 0.569 bits per heavy atom. The van der Waals surface area contributed by atoms with Crippen molar-refractivity contribution in [3.8, 4) is 44.8 Å². The lowest BCUT2D eigenvalue weighted by Crippen LogP contribution is -1.93. The van der Waals surface area contributed by atoms with Gasteiger partial charge in [0.15, 0.2) is 0 Å². The second-order valence-electron chi connectivity index (χ2n) is 19.1. The Morgan fingerprint density at radius 1 is 0.222 bits per heavy atom. The van der Waals surface area contributed by atoms with E-state index in [-0.39, 0.29) is 0 Å². The van der Waals surface area contributed by atoms with Crippen molar-refractivity contribution in [2.75, 3.05) is 0 Å². The van der Waals surface area contributed by atoms with Gasteiger partial charge in [-0.25, -0.2) is 0 Å². The van der Waals surface area contributed by atoms with Crippen LogP contribution in [0.4, 0.5) is 0 Å². The highest BCUT2D eigenvalue weighted by molar-refractivity contribution is 7.26. The molecule has 2 nitrogen and oxygen atoms in total. The minimum atomic E-state index is 1.17. The topological polar surface area (TPSA) is 9.86 Å². The summed E-state index contributed by atoms with van der Waals surface area (Å²) in [6, 6.07) is 90.4. The largest absolute Gasteiger partial charge is 0.309 e. The third-order valence-corrected chi connectivity index (χ3v) is 17.6. The average Bonchev–Trinajstić information content (AvgIpc) is 4.20. The predicted molar refractivity (Wildman–Crippen MR) is 312 cm³/mol. The molecule has 12 aromatic carbocycles. The van der Waals surface area contributed by atoms with Gasteiger partial charge < -0.3 is 9.13 Å². The van der Waals surface area contributed by atoms with Gasteiger partial charge in [0.05, 0.1) is 22.1 Å². The summed E-state index contributed by atoms with van der Waals surface area (Å²) in [4.78, 5) is 0. The van der Waals surface area contributed by atoms with Crippen LogP contribution in [0.5, 0.6) is 0 Å². The van der Waals surface area contributed by atoms with E-state index in [4.69, 9.17) is 0 Å². The molecule has 0 fully saturated rings. The minimum Gasteiger partial charge on any atom is -0.309 e. The summed E-state index contributed by atoms with van der Waals surface area (Å²) >= 11 is 3.77. The van der Waals surface area contributed by atoms with Crippen LogP contribution in [0, 0.1) is 0 Å². The third-order valence-electron chi connectivity index (χ3n) is 15.3. The smallest absolute Gasteiger partial charge is 0.0548 e. The van der Waals surface area contributed by atoms with Crippen LogP contribution in [0.25, 0.3) is 150 Å². The molecule has 0 aliphatic heterocycles. The van der Waals surface area contributed by atoms with E-state index >= 15 is 0 Å². The monoisotopic (exact) mass is 948 g/mol. The van der Waals surface area contributed by atoms with Crippen molar-refractivity contribution in [3.05, 3.63) is 243 Å². The Hall–Kier alpha value is -8.80. The number of benzene rings is 12. The molecule has 0 amide bonds. The van der Waals surface area contributed by atoms with Gasteiger partial charge in [-0.1, -0.05) is 158 Å². The zero-order chi connectivity index (χ0) is 47.0. The molecule has 4 heterocycles. The van der Waals surface area contributed by atoms with Crippen LogP contribution in [0.1, 0.15) is 0 Å². The number of nitrogens with zero attached hydrogens (tertiary/aromatic N) is 2. The summed E-state index contributed by atoms with van der Waals surface area (Å²) in [7, 11) is 0. The normalized spacial score (nSPS) is 12.2. The first-order valence-corrected chi connectivity index (χ1v) is 26.3. The lowest BCUT2D eigenvalue weighted by molar-refractivity contribution is 1.18. The third kappa shape index (κ3) is 5.70. The average molecular weight is 949 g/mol. The number of aromatic nitrogens is 2. The van der Waals surface area contributed by atoms with E-state index in [0.29, 0.717) is 0 Å². The number of fused-ring (bicyclic) bond motifs is 16. The maximum atomic E-state index is 2.45. The van der Waals surface area contributed by atoms with Crippen LogP contribution in [0.15, 0.2) is 243 Å². The molecule has 334 valence electrons. The molecule has 0 spiro atoms. The van der Waals surface area contributed by atoms with Crippen LogP contribution in [0.3, 0.4) is 0 Å². The van der Waals surface area contributed by atoms with E-state index < -0.39 is 0 Å². The maximum Gasteiger partial charge on any atom is 0.0548 e. The van der Waals surface area contributed by atoms with E-state index in [0.717, 1.165) is 0 Å². The lowest BCUT2D eigenvalue weighted by Gasteiger charge is -2.16. The van der Waals surface area contributed by atoms with Gasteiger partial charge in [-0.2, -0.15) is 0 Å². The quantitative estimate of drug-likeness (QED) is 0.163. The zero-order valence-electron chi connectivity index (χ0n) is 38.8. The predicted octanol–water partition coefficient (Wildman–Crippen LogP) is 19.9. The number of para-hydroxylation sites is 2. The maximum absolute atomic E-state index is 2.45. The molecule has 0 atom stereocenters. The number of hydrogen-bond donors (Lipinski definition) is 0. The van der Waals surface area contributed by atoms with Crippen molar-refractivity contribution in [2.24, 2.45) is 0 Å². The van der Waals surface area contributed by atoms with Gasteiger partial charge in [0.2, 0.25) is 0 Å². The highest BCUT2D eigenvalue weighted by Gasteiger charge is 2.22. The Morgan fingerprint density at radius 3 is 1.00 bits per heavy atom. The van der Waals surface area contributed by atoms with E-state index in [2.05, 4.69) is 252 Å². The van der Waals surface area contributed by atoms with Gasteiger partial charge in [-0.3, -0.25) is 0 Å². The minimum absolute atomic E-state index is 1.17. The first-order chi connectivity index (χ1) is 35.7. The first-order valence-electron chi connectivity index (χ1n) is 24.7. The molecule has 0 aliphatic rings. The summed E-state index contributed by atoms with van der Waals surface area (Å²) in [5, 5.41) is 15.5. The Labute approximate surface area is 422 Å². The zero-order valence-corrected chi connectivity index (χ0v) is 40.4. The van der Waals surface area contributed by atoms with Crippen LogP contribution in [-0.2, 0) is 0 Å². The molecule has 4 aromatic heterocycles. The van der Waals surface area contributed by atoms with Gasteiger partial charge in [-0.15, -0.1) is 22.7 Å². The number of rotatable bonds is 5. The SMILES string of the molecule is c1ccc(-n2c3ccc(-c4ccc(-c5ccc(-c6ccc7c(c6)c6c8c(ccc6n7-c6ccccc6)sc6ccccc68)c6ccccc56)c5ccccc45)cc3c3c4c(ccc32)sc2ccccc24)cc1. The molecule has 0 saturated heterocycles. The summed E-state index contributed by atoms with van der Waals surface area (Å²) in [6.45, 7) is 0. The molecule has 0 bridgehead atoms. The van der Waals surface area contributed by atoms with Crippen LogP contribution >= 0.6 is 22.7 Å². The molecule has 4 heteroatoms. The van der Waals surface area contributed by atoms with Crippen molar-refractivity contribution in [2.45, 2.75) is 0 Å². The van der Waals surface area contributed by atoms with Crippen molar-refractivity contribution < 1.29 is 0 Å². The van der Waals surface area contributed by atoms with E-state index in [1.807, 2.05) is 22.7 Å². The highest BCUT2D eigenvalue weighted by Crippen LogP contribution is 2.48. The van der Waals surface area contributed by atoms with E-state index in [1.165, 1.54) is 150 Å². The molecular formula is C68H40N2S2. The number of hydrogen-bond acceptors (Lipinski definition) is 2. The highest BCUT2D eigenvalue weighted by atomic mass is 32.1. The van der Waals surface area contributed by atoms with E-state index in [9.17, 15) is 0 Å². The van der Waals surface area contributed by atoms with Crippen molar-refractivity contribution in [3.63, 3.8) is 0 Å². The van der Waals surface area contributed by atoms with E-state index in [1.54, 1.807) is 0 Å². The van der Waals surface area contributed by atoms with Gasteiger partial charge in [-0.05, 0) is 140 Å². The summed E-state index contributed by atoms with van der Waals surface area (Å²) in [6.07, 6.45) is 0. The molecule has 0 saturated carbocycles. The lowest BCUT2D eigenvalue weighted by atomic mass is 9.87. The first kappa shape index (κ1) is 40.0. The van der Waals surface area contributed by atoms with Crippen LogP contribution in [0.2, 0.25) is 0 Å². The van der Waals surface area contributed by atoms with Crippen LogP contribution < -0.4 is 0 Å². The molecular weight excluding hydrogens is 909 g/mol. The van der Waals surface area contributed by atoms with Crippen molar-refractivity contribution >= 4 is 128 Å². The molecule has 16 rings (SSSR count). The summed E-state index contributed by atoms with van der Waals surface area (Å²) in [5.74, 6) is 0. The number of thiophene rings is 2. The molecule has 0 radical (unpaired) electrons. The fraction of sp³-hybridized carbons (Fsp3) is 0. The Balaban J connectivity index is 0.878. The Bertz CT molecular complexity index is 4600. The molecule has 16 aromatic rings. The second-order valence-corrected chi connectivity index (χ2v) is 21.2. The van der Waals surface area contributed by atoms with Crippen molar-refractivity contribution in [1.29, 1.82) is 0 Å². The van der Waals surface area contributed by atoms with Crippen LogP contribution in [-0.4, -0.2) is 9.13 Å². The van der Waals surface area contributed by atoms with Crippen molar-refractivity contribution in [1.82, 2.24) is 9.13 Å². The molecule has 0 unspecified atom stereocenters. The summed E-state index contributed by atoms with van der Waals surface area (Å²) in [5.41, 5.74) is 14.6. The molecule has 0 aliphatic carbocycles. The van der Waals surface area contributed by atoms with Gasteiger partial charge in [0.1, 0.15) is 0 Å². The van der Waals surface area contributed by atoms with Gasteiger partial charge in [0.25, 0.3) is 0 Å². The fourth-order valence-electron chi connectivity index (χ4n) is 12.3. The fourth-order valence-corrected chi connectivity index (χ4v) is 14.5. The Kier molecular flexibility index (Phi) is 8.52. The molecule has 72 heavy (non-hydrogen) atoms. The van der Waals surface area contributed by atoms with Gasteiger partial charge >= 0.3 is 0 Å². The molecule has 0 N–H and O–H groups in total. The standard InChI is InChI=1S/C68H40N2S2/c1-3-15-43(16-4-1)69-57-33-27-41(39-55(57)65-59(69)35-37-63-67(65)53-23-11-13-25-61(53)71-63)45-29-31-51(49-21-9-7-19-47(45)49)52-32-30-46(48-20-8-10-22-50(48)52)42-28-34-58-56(40-42)66-60(70(58)44-17-5-2-6-18-44)36-38-64-68(66)54-24-12-14-26-62(54)72-64/h1-40H.